The molecule has 260 valence electrons. The Hall–Kier alpha value is -3.65. The van der Waals surface area contributed by atoms with Gasteiger partial charge in [-0.05, 0) is 95.7 Å². The molecule has 1 aliphatic rings. The average Bonchev–Trinajstić information content (AvgIpc) is 3.42. The molecule has 0 aliphatic carbocycles. The number of hydrogen-bond acceptors (Lipinski definition) is 10. The van der Waals surface area contributed by atoms with Gasteiger partial charge in [-0.2, -0.15) is 4.98 Å². The molecule has 1 aromatic heterocycles. The number of likely N-dealkylation sites (N-methyl/N-ethyl adjacent to an activating group) is 1. The van der Waals surface area contributed by atoms with E-state index in [9.17, 15) is 18.0 Å². The number of aromatic nitrogens is 2. The van der Waals surface area contributed by atoms with Crippen LogP contribution in [0.25, 0.3) is 0 Å². The Bertz CT molecular complexity index is 1710. The number of anilines is 4. The maximum absolute atomic E-state index is 14.0. The molecule has 3 aromatic rings. The fourth-order valence-electron chi connectivity index (χ4n) is 4.90. The van der Waals surface area contributed by atoms with Crippen molar-refractivity contribution in [2.24, 2.45) is 0 Å². The summed E-state index contributed by atoms with van der Waals surface area (Å²) in [5, 5.41) is 0.288. The summed E-state index contributed by atoms with van der Waals surface area (Å²) in [6.07, 6.45) is 3.10. The first-order valence-corrected chi connectivity index (χ1v) is 17.8. The van der Waals surface area contributed by atoms with Gasteiger partial charge < -0.3 is 19.3 Å². The minimum absolute atomic E-state index is 0.144. The third kappa shape index (κ3) is 9.49. The highest BCUT2D eigenvalue weighted by Gasteiger charge is 2.32. The summed E-state index contributed by atoms with van der Waals surface area (Å²) < 4.78 is 39.9. The summed E-state index contributed by atoms with van der Waals surface area (Å²) >= 11 is 12.3. The number of fused-ring (bicyclic) bond motifs is 1. The molecule has 15 heteroatoms. The van der Waals surface area contributed by atoms with E-state index in [-0.39, 0.29) is 27.2 Å². The summed E-state index contributed by atoms with van der Waals surface area (Å²) in [7, 11) is -0.450. The Kier molecular flexibility index (Phi) is 12.2. The normalized spacial score (nSPS) is 13.0. The van der Waals surface area contributed by atoms with Gasteiger partial charge in [0.2, 0.25) is 5.95 Å². The zero-order valence-electron chi connectivity index (χ0n) is 28.1. The number of ether oxygens (including phenoxy) is 2. The largest absolute Gasteiger partial charge is 0.464 e. The summed E-state index contributed by atoms with van der Waals surface area (Å²) in [6, 6.07) is 10.8. The zero-order valence-corrected chi connectivity index (χ0v) is 30.4. The summed E-state index contributed by atoms with van der Waals surface area (Å²) in [5.74, 6) is 0.0754. The zero-order chi connectivity index (χ0) is 35.2. The predicted octanol–water partition coefficient (Wildman–Crippen LogP) is 6.32. The SMILES string of the molecule is CCCCOC(=O)CN(c1ccc2c(c1)CCN2c1nccc(N(CCN(C)C)C(=O)OC(C)(C)C)n1)S(=O)(=O)c1cc(Cl)cc(Cl)c1. The van der Waals surface area contributed by atoms with Crippen molar-refractivity contribution in [2.45, 2.75) is 57.5 Å². The van der Waals surface area contributed by atoms with Crippen molar-refractivity contribution >= 4 is 68.4 Å². The van der Waals surface area contributed by atoms with Gasteiger partial charge in [0.05, 0.1) is 17.2 Å². The molecule has 2 aromatic carbocycles. The summed E-state index contributed by atoms with van der Waals surface area (Å²) in [5.41, 5.74) is 1.17. The van der Waals surface area contributed by atoms with Crippen LogP contribution < -0.4 is 14.1 Å². The number of nitrogens with zero attached hydrogens (tertiary/aromatic N) is 6. The van der Waals surface area contributed by atoms with Gasteiger partial charge in [0.1, 0.15) is 18.0 Å². The fourth-order valence-corrected chi connectivity index (χ4v) is 7.03. The Morgan fingerprint density at radius 1 is 1.02 bits per heavy atom. The Morgan fingerprint density at radius 3 is 2.38 bits per heavy atom. The van der Waals surface area contributed by atoms with Crippen molar-refractivity contribution < 1.29 is 27.5 Å². The molecule has 12 nitrogen and oxygen atoms in total. The second kappa shape index (κ2) is 15.7. The van der Waals surface area contributed by atoms with Crippen LogP contribution in [0.4, 0.5) is 27.9 Å². The first kappa shape index (κ1) is 37.2. The molecular weight excluding hydrogens is 679 g/mol. The lowest BCUT2D eigenvalue weighted by Crippen LogP contribution is -2.41. The maximum Gasteiger partial charge on any atom is 0.416 e. The van der Waals surface area contributed by atoms with E-state index in [1.54, 1.807) is 30.5 Å². The van der Waals surface area contributed by atoms with Crippen molar-refractivity contribution in [3.63, 3.8) is 0 Å². The number of hydrogen-bond donors (Lipinski definition) is 0. The van der Waals surface area contributed by atoms with E-state index < -0.39 is 34.2 Å². The molecule has 0 unspecified atom stereocenters. The molecule has 0 spiro atoms. The van der Waals surface area contributed by atoms with Gasteiger partial charge in [0.25, 0.3) is 10.0 Å². The number of unbranched alkanes of at least 4 members (excludes halogenated alkanes) is 1. The number of halogens is 2. The molecule has 0 fully saturated rings. The van der Waals surface area contributed by atoms with Crippen LogP contribution in [0.5, 0.6) is 0 Å². The minimum atomic E-state index is -4.28. The minimum Gasteiger partial charge on any atom is -0.464 e. The van der Waals surface area contributed by atoms with Crippen LogP contribution >= 0.6 is 23.2 Å². The highest BCUT2D eigenvalue weighted by Crippen LogP contribution is 2.37. The summed E-state index contributed by atoms with van der Waals surface area (Å²) in [6.45, 7) is 8.46. The smallest absolute Gasteiger partial charge is 0.416 e. The van der Waals surface area contributed by atoms with Crippen LogP contribution in [0.3, 0.4) is 0 Å². The number of rotatable bonds is 13. The van der Waals surface area contributed by atoms with Gasteiger partial charge in [-0.25, -0.2) is 18.2 Å². The third-order valence-electron chi connectivity index (χ3n) is 7.24. The fraction of sp³-hybridized carbons (Fsp3) is 0.455. The van der Waals surface area contributed by atoms with E-state index in [1.165, 1.54) is 23.1 Å². The molecule has 48 heavy (non-hydrogen) atoms. The van der Waals surface area contributed by atoms with Gasteiger partial charge in [0.15, 0.2) is 0 Å². The van der Waals surface area contributed by atoms with E-state index in [2.05, 4.69) is 4.98 Å². The summed E-state index contributed by atoms with van der Waals surface area (Å²) in [4.78, 5) is 40.4. The number of esters is 1. The topological polar surface area (TPSA) is 125 Å². The quantitative estimate of drug-likeness (QED) is 0.146. The molecule has 2 heterocycles. The van der Waals surface area contributed by atoms with Crippen molar-refractivity contribution in [1.82, 2.24) is 14.9 Å². The Morgan fingerprint density at radius 2 is 1.73 bits per heavy atom. The lowest BCUT2D eigenvalue weighted by atomic mass is 10.1. The molecule has 0 radical (unpaired) electrons. The monoisotopic (exact) mass is 720 g/mol. The van der Waals surface area contributed by atoms with Gasteiger partial charge in [-0.1, -0.05) is 36.5 Å². The number of sulfonamides is 1. The number of benzene rings is 2. The van der Waals surface area contributed by atoms with E-state index in [0.717, 1.165) is 22.0 Å². The predicted molar refractivity (Wildman–Crippen MR) is 188 cm³/mol. The van der Waals surface area contributed by atoms with Gasteiger partial charge >= 0.3 is 12.1 Å². The standard InChI is InChI=1S/C33H42Cl2N6O6S/c1-7-8-17-46-30(42)22-41(48(44,45)27-20-24(34)19-25(35)21-27)26-9-10-28-23(18-26)12-14-39(28)31-36-13-11-29(37-31)40(16-15-38(5)6)32(43)47-33(2,3)4/h9-11,13,18-21H,7-8,12,14-17,22H2,1-6H3. The molecule has 0 saturated carbocycles. The molecule has 1 amide bonds. The van der Waals surface area contributed by atoms with Crippen molar-refractivity contribution in [3.8, 4) is 0 Å². The number of carbonyl (C=O) groups is 2. The lowest BCUT2D eigenvalue weighted by molar-refractivity contribution is -0.141. The van der Waals surface area contributed by atoms with Crippen molar-refractivity contribution in [1.29, 1.82) is 0 Å². The molecule has 0 N–H and O–H groups in total. The molecule has 0 bridgehead atoms. The molecule has 1 aliphatic heterocycles. The van der Waals surface area contributed by atoms with Crippen LogP contribution in [0.1, 0.15) is 46.1 Å². The second-order valence-electron chi connectivity index (χ2n) is 12.6. The van der Waals surface area contributed by atoms with Crippen LogP contribution in [-0.4, -0.2) is 87.8 Å². The van der Waals surface area contributed by atoms with Crippen LogP contribution in [0.2, 0.25) is 10.0 Å². The highest BCUT2D eigenvalue weighted by atomic mass is 35.5. The van der Waals surface area contributed by atoms with E-state index in [4.69, 9.17) is 37.7 Å². The van der Waals surface area contributed by atoms with Crippen LogP contribution in [-0.2, 0) is 30.7 Å². The van der Waals surface area contributed by atoms with Crippen LogP contribution in [0, 0.1) is 0 Å². The highest BCUT2D eigenvalue weighted by molar-refractivity contribution is 7.92. The van der Waals surface area contributed by atoms with E-state index in [1.807, 2.05) is 51.6 Å². The Balaban J connectivity index is 1.68. The van der Waals surface area contributed by atoms with Gasteiger partial charge in [-0.15, -0.1) is 0 Å². The van der Waals surface area contributed by atoms with Crippen LogP contribution in [0.15, 0.2) is 53.6 Å². The van der Waals surface area contributed by atoms with Gasteiger partial charge in [0, 0.05) is 41.6 Å². The number of amides is 1. The van der Waals surface area contributed by atoms with E-state index in [0.29, 0.717) is 44.2 Å². The molecule has 4 rings (SSSR count). The van der Waals surface area contributed by atoms with E-state index >= 15 is 0 Å². The van der Waals surface area contributed by atoms with Crippen molar-refractivity contribution in [2.75, 3.05) is 61.0 Å². The number of carbonyl (C=O) groups excluding carboxylic acids is 2. The average molecular weight is 722 g/mol. The van der Waals surface area contributed by atoms with Gasteiger partial charge in [-0.3, -0.25) is 14.0 Å². The second-order valence-corrected chi connectivity index (χ2v) is 15.3. The molecular formula is C33H42Cl2N6O6S. The first-order chi connectivity index (χ1) is 22.6. The lowest BCUT2D eigenvalue weighted by Gasteiger charge is -2.28. The Labute approximate surface area is 292 Å². The molecule has 0 saturated heterocycles. The third-order valence-corrected chi connectivity index (χ3v) is 9.42. The molecule has 0 atom stereocenters. The maximum atomic E-state index is 14.0. The van der Waals surface area contributed by atoms with Crippen molar-refractivity contribution in [3.05, 3.63) is 64.3 Å². The first-order valence-electron chi connectivity index (χ1n) is 15.6.